The number of aliphatic hydroxyl groups is 1. The van der Waals surface area contributed by atoms with E-state index in [4.69, 9.17) is 0 Å². The van der Waals surface area contributed by atoms with Crippen molar-refractivity contribution in [2.75, 3.05) is 0 Å². The molecule has 2 aromatic carbocycles. The Kier molecular flexibility index (Phi) is 5.69. The van der Waals surface area contributed by atoms with Crippen LogP contribution in [0.1, 0.15) is 16.8 Å². The van der Waals surface area contributed by atoms with Crippen LogP contribution in [-0.2, 0) is 25.1 Å². The van der Waals surface area contributed by atoms with Crippen LogP contribution in [0, 0.1) is 11.6 Å². The Bertz CT molecular complexity index is 1150. The first kappa shape index (κ1) is 20.3. The molecule has 0 amide bonds. The van der Waals surface area contributed by atoms with Gasteiger partial charge in [0.05, 0.1) is 18.8 Å². The van der Waals surface area contributed by atoms with E-state index in [1.54, 1.807) is 10.9 Å². The molecule has 0 fully saturated rings. The molecule has 0 aliphatic carbocycles. The molecule has 1 N–H and O–H groups in total. The van der Waals surface area contributed by atoms with Crippen LogP contribution in [0.3, 0.4) is 0 Å². The zero-order valence-electron chi connectivity index (χ0n) is 15.7. The van der Waals surface area contributed by atoms with Gasteiger partial charge in [0.25, 0.3) is 0 Å². The molecular formula is C20H17BrF2N6O. The van der Waals surface area contributed by atoms with Gasteiger partial charge in [-0.2, -0.15) is 5.10 Å². The highest BCUT2D eigenvalue weighted by Crippen LogP contribution is 2.30. The van der Waals surface area contributed by atoms with Crippen LogP contribution >= 0.6 is 15.9 Å². The summed E-state index contributed by atoms with van der Waals surface area (Å²) in [7, 11) is 0. The standard InChI is InChI=1S/C20H17BrF2N6O/c21-18-4-2-1-3-14(18)9-28-10-16(26-27-28)8-20(30,11-29-13-24-12-25-29)17-6-5-15(22)7-19(17)23/h1-7,10,12-13,30H,8-9,11H2. The Hall–Kier alpha value is -2.98. The van der Waals surface area contributed by atoms with Gasteiger partial charge >= 0.3 is 0 Å². The summed E-state index contributed by atoms with van der Waals surface area (Å²) in [6.45, 7) is 0.382. The highest BCUT2D eigenvalue weighted by Gasteiger charge is 2.35. The van der Waals surface area contributed by atoms with E-state index in [0.29, 0.717) is 12.2 Å². The minimum Gasteiger partial charge on any atom is -0.383 e. The molecule has 2 aromatic heterocycles. The van der Waals surface area contributed by atoms with Crippen molar-refractivity contribution in [1.29, 1.82) is 0 Å². The minimum absolute atomic E-state index is 0.0502. The van der Waals surface area contributed by atoms with Crippen LogP contribution in [-0.4, -0.2) is 34.9 Å². The summed E-state index contributed by atoms with van der Waals surface area (Å²) in [4.78, 5) is 3.85. The third-order valence-corrected chi connectivity index (χ3v) is 5.45. The quantitative estimate of drug-likeness (QED) is 0.445. The molecule has 4 rings (SSSR count). The lowest BCUT2D eigenvalue weighted by molar-refractivity contribution is 0.0107. The molecule has 0 aliphatic rings. The van der Waals surface area contributed by atoms with Gasteiger partial charge in [0.1, 0.15) is 29.9 Å². The van der Waals surface area contributed by atoms with Crippen molar-refractivity contribution in [2.45, 2.75) is 25.1 Å². The Morgan fingerprint density at radius 2 is 1.93 bits per heavy atom. The molecule has 0 spiro atoms. The van der Waals surface area contributed by atoms with Gasteiger partial charge in [0.2, 0.25) is 0 Å². The molecule has 0 saturated carbocycles. The van der Waals surface area contributed by atoms with Crippen molar-refractivity contribution in [3.05, 3.63) is 94.2 Å². The first-order chi connectivity index (χ1) is 14.4. The van der Waals surface area contributed by atoms with Gasteiger partial charge in [-0.3, -0.25) is 0 Å². The number of hydrogen-bond acceptors (Lipinski definition) is 5. The van der Waals surface area contributed by atoms with Crippen molar-refractivity contribution in [3.8, 4) is 0 Å². The predicted molar refractivity (Wildman–Crippen MR) is 107 cm³/mol. The highest BCUT2D eigenvalue weighted by atomic mass is 79.9. The first-order valence-corrected chi connectivity index (χ1v) is 9.85. The van der Waals surface area contributed by atoms with Crippen molar-refractivity contribution in [2.24, 2.45) is 0 Å². The lowest BCUT2D eigenvalue weighted by atomic mass is 9.88. The molecule has 0 bridgehead atoms. The molecule has 1 atom stereocenters. The minimum atomic E-state index is -1.74. The van der Waals surface area contributed by atoms with Gasteiger partial charge in [0.15, 0.2) is 0 Å². The number of nitrogens with zero attached hydrogens (tertiary/aromatic N) is 6. The molecule has 7 nitrogen and oxygen atoms in total. The van der Waals surface area contributed by atoms with E-state index in [1.165, 1.54) is 23.4 Å². The van der Waals surface area contributed by atoms with Crippen molar-refractivity contribution in [1.82, 2.24) is 29.8 Å². The second-order valence-corrected chi connectivity index (χ2v) is 7.78. The maximum Gasteiger partial charge on any atom is 0.137 e. The van der Waals surface area contributed by atoms with Gasteiger partial charge in [-0.15, -0.1) is 5.10 Å². The molecule has 4 aromatic rings. The molecule has 1 unspecified atom stereocenters. The van der Waals surface area contributed by atoms with Gasteiger partial charge in [-0.25, -0.2) is 23.1 Å². The Morgan fingerprint density at radius 3 is 2.67 bits per heavy atom. The maximum atomic E-state index is 14.5. The fourth-order valence-electron chi connectivity index (χ4n) is 3.28. The summed E-state index contributed by atoms with van der Waals surface area (Å²) >= 11 is 3.50. The number of hydrogen-bond donors (Lipinski definition) is 1. The molecule has 2 heterocycles. The van der Waals surface area contributed by atoms with Gasteiger partial charge in [0, 0.05) is 28.7 Å². The molecule has 0 aliphatic heterocycles. The third kappa shape index (κ3) is 4.44. The number of aromatic nitrogens is 6. The van der Waals surface area contributed by atoms with Crippen LogP contribution in [0.4, 0.5) is 8.78 Å². The number of halogens is 3. The maximum absolute atomic E-state index is 14.5. The summed E-state index contributed by atoms with van der Waals surface area (Å²) in [5, 5.41) is 23.6. The second kappa shape index (κ2) is 8.41. The SMILES string of the molecule is OC(Cc1cn(Cc2ccccc2Br)nn1)(Cn1cncn1)c1ccc(F)cc1F. The van der Waals surface area contributed by atoms with Crippen molar-refractivity contribution >= 4 is 15.9 Å². The average Bonchev–Trinajstić information content (AvgIpc) is 3.35. The van der Waals surface area contributed by atoms with Crippen LogP contribution in [0.2, 0.25) is 0 Å². The van der Waals surface area contributed by atoms with Crippen LogP contribution in [0.25, 0.3) is 0 Å². The molecule has 30 heavy (non-hydrogen) atoms. The van der Waals surface area contributed by atoms with E-state index in [-0.39, 0.29) is 18.5 Å². The zero-order chi connectivity index (χ0) is 21.1. The van der Waals surface area contributed by atoms with Gasteiger partial charge < -0.3 is 5.11 Å². The van der Waals surface area contributed by atoms with Crippen molar-refractivity contribution in [3.63, 3.8) is 0 Å². The van der Waals surface area contributed by atoms with Crippen LogP contribution in [0.5, 0.6) is 0 Å². The number of rotatable bonds is 7. The summed E-state index contributed by atoms with van der Waals surface area (Å²) in [5.74, 6) is -1.57. The lowest BCUT2D eigenvalue weighted by Gasteiger charge is -2.28. The lowest BCUT2D eigenvalue weighted by Crippen LogP contribution is -2.35. The summed E-state index contributed by atoms with van der Waals surface area (Å²) in [5.41, 5.74) is -0.329. The average molecular weight is 475 g/mol. The fourth-order valence-corrected chi connectivity index (χ4v) is 3.69. The predicted octanol–water partition coefficient (Wildman–Crippen LogP) is 3.09. The topological polar surface area (TPSA) is 81.6 Å². The molecule has 154 valence electrons. The van der Waals surface area contributed by atoms with Crippen LogP contribution < -0.4 is 0 Å². The smallest absolute Gasteiger partial charge is 0.137 e. The van der Waals surface area contributed by atoms with E-state index in [1.807, 2.05) is 24.3 Å². The number of benzene rings is 2. The van der Waals surface area contributed by atoms with E-state index in [9.17, 15) is 13.9 Å². The third-order valence-electron chi connectivity index (χ3n) is 4.67. The highest BCUT2D eigenvalue weighted by molar-refractivity contribution is 9.10. The van der Waals surface area contributed by atoms with E-state index < -0.39 is 17.2 Å². The molecule has 10 heteroatoms. The first-order valence-electron chi connectivity index (χ1n) is 9.06. The Morgan fingerprint density at radius 1 is 1.10 bits per heavy atom. The van der Waals surface area contributed by atoms with Gasteiger partial charge in [-0.05, 0) is 17.7 Å². The van der Waals surface area contributed by atoms with E-state index in [2.05, 4.69) is 36.3 Å². The van der Waals surface area contributed by atoms with E-state index in [0.717, 1.165) is 22.2 Å². The Labute approximate surface area is 179 Å². The van der Waals surface area contributed by atoms with Crippen LogP contribution in [0.15, 0.2) is 65.8 Å². The second-order valence-electron chi connectivity index (χ2n) is 6.92. The fraction of sp³-hybridized carbons (Fsp3) is 0.200. The largest absolute Gasteiger partial charge is 0.383 e. The summed E-state index contributed by atoms with van der Waals surface area (Å²) < 4.78 is 31.9. The normalized spacial score (nSPS) is 13.3. The van der Waals surface area contributed by atoms with Crippen molar-refractivity contribution < 1.29 is 13.9 Å². The molecule has 0 saturated heterocycles. The molecular weight excluding hydrogens is 458 g/mol. The Balaban J connectivity index is 1.62. The monoisotopic (exact) mass is 474 g/mol. The zero-order valence-corrected chi connectivity index (χ0v) is 17.2. The summed E-state index contributed by atoms with van der Waals surface area (Å²) in [6, 6.07) is 10.8. The molecule has 0 radical (unpaired) electrons. The summed E-state index contributed by atoms with van der Waals surface area (Å²) in [6.07, 6.45) is 4.37. The van der Waals surface area contributed by atoms with E-state index >= 15 is 0 Å². The van der Waals surface area contributed by atoms with Gasteiger partial charge in [-0.1, -0.05) is 45.4 Å².